The van der Waals surface area contributed by atoms with Crippen LogP contribution in [0, 0.1) is 5.92 Å². The quantitative estimate of drug-likeness (QED) is 0.903. The molecule has 0 aliphatic carbocycles. The molecule has 2 aliphatic heterocycles. The number of rotatable bonds is 3. The van der Waals surface area contributed by atoms with E-state index in [2.05, 4.69) is 15.3 Å². The third-order valence-electron chi connectivity index (χ3n) is 4.00. The van der Waals surface area contributed by atoms with Crippen LogP contribution in [0.4, 0.5) is 10.6 Å². The van der Waals surface area contributed by atoms with E-state index in [0.717, 1.165) is 25.2 Å². The van der Waals surface area contributed by atoms with Crippen LogP contribution >= 0.6 is 0 Å². The van der Waals surface area contributed by atoms with Gasteiger partial charge >= 0.3 is 6.09 Å². The van der Waals surface area contributed by atoms with Crippen LogP contribution in [-0.2, 0) is 11.2 Å². The van der Waals surface area contributed by atoms with Crippen LogP contribution in [0.25, 0.3) is 0 Å². The van der Waals surface area contributed by atoms with Gasteiger partial charge in [-0.3, -0.25) is 4.90 Å². The van der Waals surface area contributed by atoms with Crippen molar-refractivity contribution in [2.75, 3.05) is 24.6 Å². The van der Waals surface area contributed by atoms with E-state index in [-0.39, 0.29) is 12.1 Å². The fourth-order valence-electron chi connectivity index (χ4n) is 2.85. The molecule has 20 heavy (non-hydrogen) atoms. The second kappa shape index (κ2) is 5.75. The van der Waals surface area contributed by atoms with Crippen molar-refractivity contribution in [2.45, 2.75) is 32.2 Å². The molecular formula is C14H20N4O2. The van der Waals surface area contributed by atoms with Gasteiger partial charge in [-0.2, -0.15) is 0 Å². The first kappa shape index (κ1) is 13.3. The maximum absolute atomic E-state index is 11.7. The molecule has 0 bridgehead atoms. The molecule has 2 saturated heterocycles. The third kappa shape index (κ3) is 2.75. The first-order valence-corrected chi connectivity index (χ1v) is 7.21. The average Bonchev–Trinajstić information content (AvgIpc) is 2.80. The fraction of sp³-hybridized carbons (Fsp3) is 0.643. The summed E-state index contributed by atoms with van der Waals surface area (Å²) in [6.07, 6.45) is 4.55. The molecule has 3 rings (SSSR count). The van der Waals surface area contributed by atoms with Gasteiger partial charge in [0.25, 0.3) is 0 Å². The Hall–Kier alpha value is -1.69. The van der Waals surface area contributed by atoms with Gasteiger partial charge < -0.3 is 10.1 Å². The maximum atomic E-state index is 11.7. The van der Waals surface area contributed by atoms with E-state index in [1.807, 2.05) is 13.0 Å². The van der Waals surface area contributed by atoms with Gasteiger partial charge in [0.15, 0.2) is 0 Å². The van der Waals surface area contributed by atoms with Gasteiger partial charge in [0.05, 0.1) is 6.04 Å². The molecule has 0 radical (unpaired) electrons. The predicted molar refractivity (Wildman–Crippen MR) is 74.6 cm³/mol. The summed E-state index contributed by atoms with van der Waals surface area (Å²) in [5, 5.41) is 3.37. The Bertz CT molecular complexity index is 488. The molecule has 2 fully saturated rings. The molecular weight excluding hydrogens is 256 g/mol. The van der Waals surface area contributed by atoms with Crippen molar-refractivity contribution in [3.8, 4) is 0 Å². The first-order chi connectivity index (χ1) is 9.74. The number of anilines is 1. The molecule has 1 atom stereocenters. The molecule has 3 heterocycles. The summed E-state index contributed by atoms with van der Waals surface area (Å²) in [4.78, 5) is 21.9. The molecule has 2 aliphatic rings. The number of nitrogens with zero attached hydrogens (tertiary/aromatic N) is 3. The zero-order chi connectivity index (χ0) is 13.9. The maximum Gasteiger partial charge on any atom is 0.415 e. The molecule has 1 N–H and O–H groups in total. The van der Waals surface area contributed by atoms with Crippen LogP contribution in [-0.4, -0.2) is 41.8 Å². The number of aromatic nitrogens is 2. The van der Waals surface area contributed by atoms with Gasteiger partial charge in [-0.15, -0.1) is 0 Å². The van der Waals surface area contributed by atoms with Crippen molar-refractivity contribution < 1.29 is 9.53 Å². The van der Waals surface area contributed by atoms with Crippen LogP contribution in [0.5, 0.6) is 0 Å². The van der Waals surface area contributed by atoms with Gasteiger partial charge in [-0.25, -0.2) is 14.8 Å². The predicted octanol–water partition coefficient (Wildman–Crippen LogP) is 1.36. The van der Waals surface area contributed by atoms with E-state index in [0.29, 0.717) is 18.3 Å². The Labute approximate surface area is 118 Å². The van der Waals surface area contributed by atoms with Gasteiger partial charge in [-0.1, -0.05) is 0 Å². The van der Waals surface area contributed by atoms with E-state index >= 15 is 0 Å². The number of hydrogen-bond donors (Lipinski definition) is 1. The van der Waals surface area contributed by atoms with E-state index < -0.39 is 0 Å². The summed E-state index contributed by atoms with van der Waals surface area (Å²) in [6.45, 7) is 4.54. The molecule has 0 unspecified atom stereocenters. The SMILES string of the molecule is C[C@H]1COC(=O)N1c1cc(CC2CCNCC2)ncn1. The molecule has 1 amide bonds. The van der Waals surface area contributed by atoms with Crippen molar-refractivity contribution in [2.24, 2.45) is 5.92 Å². The third-order valence-corrected chi connectivity index (χ3v) is 4.00. The molecule has 0 saturated carbocycles. The molecule has 1 aromatic heterocycles. The van der Waals surface area contributed by atoms with Crippen molar-refractivity contribution in [1.29, 1.82) is 0 Å². The van der Waals surface area contributed by atoms with Crippen molar-refractivity contribution in [3.63, 3.8) is 0 Å². The summed E-state index contributed by atoms with van der Waals surface area (Å²) < 4.78 is 5.04. The van der Waals surface area contributed by atoms with Crippen LogP contribution in [0.1, 0.15) is 25.5 Å². The number of amides is 1. The van der Waals surface area contributed by atoms with E-state index in [1.165, 1.54) is 12.8 Å². The lowest BCUT2D eigenvalue weighted by molar-refractivity contribution is 0.179. The highest BCUT2D eigenvalue weighted by molar-refractivity contribution is 5.88. The number of ether oxygens (including phenoxy) is 1. The van der Waals surface area contributed by atoms with Crippen LogP contribution in [0.2, 0.25) is 0 Å². The molecule has 6 nitrogen and oxygen atoms in total. The Balaban J connectivity index is 1.73. The lowest BCUT2D eigenvalue weighted by atomic mass is 9.93. The van der Waals surface area contributed by atoms with E-state index in [4.69, 9.17) is 4.74 Å². The van der Waals surface area contributed by atoms with E-state index in [9.17, 15) is 4.79 Å². The number of hydrogen-bond acceptors (Lipinski definition) is 5. The summed E-state index contributed by atoms with van der Waals surface area (Å²) >= 11 is 0. The summed E-state index contributed by atoms with van der Waals surface area (Å²) in [5.74, 6) is 1.32. The topological polar surface area (TPSA) is 67.3 Å². The Morgan fingerprint density at radius 1 is 1.40 bits per heavy atom. The highest BCUT2D eigenvalue weighted by Gasteiger charge is 2.32. The molecule has 6 heteroatoms. The first-order valence-electron chi connectivity index (χ1n) is 7.21. The molecule has 108 valence electrons. The van der Waals surface area contributed by atoms with Crippen LogP contribution < -0.4 is 10.2 Å². The zero-order valence-corrected chi connectivity index (χ0v) is 11.7. The molecule has 1 aromatic rings. The molecule has 0 spiro atoms. The highest BCUT2D eigenvalue weighted by Crippen LogP contribution is 2.23. The van der Waals surface area contributed by atoms with Crippen LogP contribution in [0.15, 0.2) is 12.4 Å². The second-order valence-corrected chi connectivity index (χ2v) is 5.56. The summed E-state index contributed by atoms with van der Waals surface area (Å²) in [7, 11) is 0. The van der Waals surface area contributed by atoms with Crippen molar-refractivity contribution >= 4 is 11.9 Å². The van der Waals surface area contributed by atoms with Crippen molar-refractivity contribution in [1.82, 2.24) is 15.3 Å². The van der Waals surface area contributed by atoms with Gasteiger partial charge in [0, 0.05) is 11.8 Å². The van der Waals surface area contributed by atoms with Gasteiger partial charge in [-0.05, 0) is 45.2 Å². The number of carbonyl (C=O) groups excluding carboxylic acids is 1. The Morgan fingerprint density at radius 2 is 2.20 bits per heavy atom. The average molecular weight is 276 g/mol. The largest absolute Gasteiger partial charge is 0.447 e. The normalized spacial score (nSPS) is 23.9. The van der Waals surface area contributed by atoms with Gasteiger partial charge in [0.1, 0.15) is 18.8 Å². The fourth-order valence-corrected chi connectivity index (χ4v) is 2.85. The van der Waals surface area contributed by atoms with E-state index in [1.54, 1.807) is 11.2 Å². The number of carbonyl (C=O) groups is 1. The minimum absolute atomic E-state index is 0.0316. The minimum Gasteiger partial charge on any atom is -0.447 e. The number of cyclic esters (lactones) is 1. The summed E-state index contributed by atoms with van der Waals surface area (Å²) in [5.41, 5.74) is 1.01. The van der Waals surface area contributed by atoms with Crippen molar-refractivity contribution in [3.05, 3.63) is 18.1 Å². The lowest BCUT2D eigenvalue weighted by Crippen LogP contribution is -2.32. The standard InChI is InChI=1S/C14H20N4O2/c1-10-8-20-14(19)18(10)13-7-12(16-9-17-13)6-11-2-4-15-5-3-11/h7,9-11,15H,2-6,8H2,1H3/t10-/m0/s1. The highest BCUT2D eigenvalue weighted by atomic mass is 16.6. The van der Waals surface area contributed by atoms with Crippen LogP contribution in [0.3, 0.4) is 0 Å². The smallest absolute Gasteiger partial charge is 0.415 e. The zero-order valence-electron chi connectivity index (χ0n) is 11.7. The monoisotopic (exact) mass is 276 g/mol. The minimum atomic E-state index is -0.316. The number of nitrogens with one attached hydrogen (secondary N) is 1. The second-order valence-electron chi connectivity index (χ2n) is 5.56. The van der Waals surface area contributed by atoms with Gasteiger partial charge in [0.2, 0.25) is 0 Å². The lowest BCUT2D eigenvalue weighted by Gasteiger charge is -2.22. The summed E-state index contributed by atoms with van der Waals surface area (Å²) in [6, 6.07) is 1.95. The molecule has 0 aromatic carbocycles. The number of piperidine rings is 1. The Kier molecular flexibility index (Phi) is 3.82. The Morgan fingerprint density at radius 3 is 2.90 bits per heavy atom.